The van der Waals surface area contributed by atoms with Crippen LogP contribution in [0.2, 0.25) is 0 Å². The Kier molecular flexibility index (Phi) is 2.17. The highest BCUT2D eigenvalue weighted by Crippen LogP contribution is 2.35. The van der Waals surface area contributed by atoms with Crippen molar-refractivity contribution in [1.82, 2.24) is 15.0 Å². The zero-order chi connectivity index (χ0) is 12.7. The molecule has 2 heterocycles. The molecule has 3 aromatic rings. The van der Waals surface area contributed by atoms with Crippen LogP contribution in [-0.2, 0) is 6.54 Å². The molecule has 5 heteroatoms. The van der Waals surface area contributed by atoms with Crippen LogP contribution in [0, 0.1) is 0 Å². The van der Waals surface area contributed by atoms with Crippen LogP contribution in [-0.4, -0.2) is 21.8 Å². The molecular weight excluding hydrogens is 242 g/mol. The van der Waals surface area contributed by atoms with E-state index in [0.717, 1.165) is 28.1 Å². The zero-order valence-electron chi connectivity index (χ0n) is 10.1. The van der Waals surface area contributed by atoms with Crippen molar-refractivity contribution in [3.63, 3.8) is 0 Å². The zero-order valence-corrected chi connectivity index (χ0v) is 10.1. The molecule has 0 amide bonds. The molecule has 2 aromatic carbocycles. The molecule has 0 saturated heterocycles. The number of para-hydroxylation sites is 2. The van der Waals surface area contributed by atoms with E-state index in [9.17, 15) is 0 Å². The van der Waals surface area contributed by atoms with Crippen LogP contribution < -0.4 is 9.47 Å². The molecule has 0 unspecified atom stereocenters. The first kappa shape index (κ1) is 10.4. The molecule has 1 aromatic heterocycles. The van der Waals surface area contributed by atoms with Crippen LogP contribution in [0.25, 0.3) is 11.0 Å². The number of aromatic nitrogens is 3. The monoisotopic (exact) mass is 253 g/mol. The maximum absolute atomic E-state index is 5.51. The number of benzene rings is 2. The first-order chi connectivity index (χ1) is 9.42. The second kappa shape index (κ2) is 3.98. The van der Waals surface area contributed by atoms with Crippen molar-refractivity contribution in [1.29, 1.82) is 0 Å². The fourth-order valence-electron chi connectivity index (χ4n) is 2.31. The first-order valence-electron chi connectivity index (χ1n) is 6.07. The van der Waals surface area contributed by atoms with Gasteiger partial charge >= 0.3 is 0 Å². The van der Waals surface area contributed by atoms with Crippen molar-refractivity contribution < 1.29 is 9.47 Å². The van der Waals surface area contributed by atoms with Crippen LogP contribution in [0.3, 0.4) is 0 Å². The van der Waals surface area contributed by atoms with Gasteiger partial charge in [0.2, 0.25) is 6.79 Å². The highest BCUT2D eigenvalue weighted by molar-refractivity contribution is 5.74. The van der Waals surface area contributed by atoms with Gasteiger partial charge in [-0.15, -0.1) is 5.10 Å². The van der Waals surface area contributed by atoms with Gasteiger partial charge in [0.15, 0.2) is 11.5 Å². The van der Waals surface area contributed by atoms with Gasteiger partial charge in [0, 0.05) is 5.56 Å². The topological polar surface area (TPSA) is 49.2 Å². The smallest absolute Gasteiger partial charge is 0.231 e. The second-order valence-electron chi connectivity index (χ2n) is 4.39. The third-order valence-corrected chi connectivity index (χ3v) is 3.22. The van der Waals surface area contributed by atoms with E-state index in [-0.39, 0.29) is 6.79 Å². The molecule has 0 atom stereocenters. The summed E-state index contributed by atoms with van der Waals surface area (Å²) in [5.74, 6) is 1.60. The normalized spacial score (nSPS) is 13.1. The molecule has 1 aliphatic rings. The number of nitrogens with zero attached hydrogens (tertiary/aromatic N) is 3. The maximum atomic E-state index is 5.51. The fraction of sp³-hybridized carbons (Fsp3) is 0.143. The van der Waals surface area contributed by atoms with Gasteiger partial charge in [0.05, 0.1) is 12.1 Å². The van der Waals surface area contributed by atoms with Crippen molar-refractivity contribution in [2.75, 3.05) is 6.79 Å². The number of fused-ring (bicyclic) bond motifs is 2. The number of hydrogen-bond acceptors (Lipinski definition) is 4. The van der Waals surface area contributed by atoms with E-state index in [2.05, 4.69) is 10.3 Å². The average molecular weight is 253 g/mol. The summed E-state index contributed by atoms with van der Waals surface area (Å²) in [5.41, 5.74) is 2.96. The number of hydrogen-bond donors (Lipinski definition) is 0. The van der Waals surface area contributed by atoms with Crippen LogP contribution >= 0.6 is 0 Å². The molecule has 0 saturated carbocycles. The van der Waals surface area contributed by atoms with Gasteiger partial charge in [-0.3, -0.25) is 0 Å². The van der Waals surface area contributed by atoms with E-state index in [1.165, 1.54) is 0 Å². The molecule has 0 N–H and O–H groups in total. The summed E-state index contributed by atoms with van der Waals surface area (Å²) in [6.45, 7) is 0.900. The van der Waals surface area contributed by atoms with Gasteiger partial charge in [-0.05, 0) is 18.2 Å². The molecule has 0 bridgehead atoms. The van der Waals surface area contributed by atoms with Crippen molar-refractivity contribution in [3.8, 4) is 11.5 Å². The Morgan fingerprint density at radius 2 is 2.00 bits per heavy atom. The Labute approximate surface area is 109 Å². The summed E-state index contributed by atoms with van der Waals surface area (Å²) in [6.07, 6.45) is 0. The van der Waals surface area contributed by atoms with Crippen molar-refractivity contribution in [2.45, 2.75) is 6.54 Å². The fourth-order valence-corrected chi connectivity index (χ4v) is 2.31. The number of rotatable bonds is 2. The molecule has 4 rings (SSSR count). The largest absolute Gasteiger partial charge is 0.454 e. The molecule has 0 radical (unpaired) electrons. The third kappa shape index (κ3) is 1.62. The van der Waals surface area contributed by atoms with E-state index in [4.69, 9.17) is 9.47 Å². The summed E-state index contributed by atoms with van der Waals surface area (Å²) in [7, 11) is 0. The Hall–Kier alpha value is -2.56. The third-order valence-electron chi connectivity index (χ3n) is 3.22. The predicted octanol–water partition coefficient (Wildman–Crippen LogP) is 2.21. The van der Waals surface area contributed by atoms with Gasteiger partial charge in [-0.1, -0.05) is 29.5 Å². The average Bonchev–Trinajstić information content (AvgIpc) is 3.06. The Morgan fingerprint density at radius 1 is 1.05 bits per heavy atom. The van der Waals surface area contributed by atoms with E-state index in [0.29, 0.717) is 6.54 Å². The minimum Gasteiger partial charge on any atom is -0.454 e. The standard InChI is InChI=1S/C14H11N3O2/c1-2-6-12-11(5-1)15-16-17(12)8-10-4-3-7-13-14(10)19-9-18-13/h1-7H,8-9H2. The van der Waals surface area contributed by atoms with Crippen LogP contribution in [0.4, 0.5) is 0 Å². The highest BCUT2D eigenvalue weighted by Gasteiger charge is 2.18. The lowest BCUT2D eigenvalue weighted by Crippen LogP contribution is -2.03. The van der Waals surface area contributed by atoms with E-state index in [1.54, 1.807) is 0 Å². The molecule has 0 fully saturated rings. The molecule has 1 aliphatic heterocycles. The van der Waals surface area contributed by atoms with Crippen molar-refractivity contribution in [3.05, 3.63) is 48.0 Å². The van der Waals surface area contributed by atoms with E-state index in [1.807, 2.05) is 47.1 Å². The van der Waals surface area contributed by atoms with Gasteiger partial charge in [-0.2, -0.15) is 0 Å². The first-order valence-corrected chi connectivity index (χ1v) is 6.07. The minimum atomic E-state index is 0.282. The summed E-state index contributed by atoms with van der Waals surface area (Å²) >= 11 is 0. The molecule has 0 aliphatic carbocycles. The van der Waals surface area contributed by atoms with Crippen LogP contribution in [0.15, 0.2) is 42.5 Å². The molecule has 0 spiro atoms. The summed E-state index contributed by atoms with van der Waals surface area (Å²) in [6, 6.07) is 13.8. The van der Waals surface area contributed by atoms with Gasteiger partial charge in [0.25, 0.3) is 0 Å². The van der Waals surface area contributed by atoms with E-state index >= 15 is 0 Å². The Balaban J connectivity index is 1.78. The Bertz CT molecular complexity index is 751. The lowest BCUT2D eigenvalue weighted by atomic mass is 10.2. The minimum absolute atomic E-state index is 0.282. The quantitative estimate of drug-likeness (QED) is 0.702. The summed E-state index contributed by atoms with van der Waals surface area (Å²) < 4.78 is 12.8. The maximum Gasteiger partial charge on any atom is 0.231 e. The summed E-state index contributed by atoms with van der Waals surface area (Å²) in [5, 5.41) is 8.34. The summed E-state index contributed by atoms with van der Waals surface area (Å²) in [4.78, 5) is 0. The van der Waals surface area contributed by atoms with Gasteiger partial charge < -0.3 is 9.47 Å². The molecular formula is C14H11N3O2. The lowest BCUT2D eigenvalue weighted by molar-refractivity contribution is 0.173. The second-order valence-corrected chi connectivity index (χ2v) is 4.39. The van der Waals surface area contributed by atoms with Crippen molar-refractivity contribution in [2.24, 2.45) is 0 Å². The van der Waals surface area contributed by atoms with Crippen LogP contribution in [0.1, 0.15) is 5.56 Å². The van der Waals surface area contributed by atoms with Crippen LogP contribution in [0.5, 0.6) is 11.5 Å². The Morgan fingerprint density at radius 3 is 3.00 bits per heavy atom. The number of ether oxygens (including phenoxy) is 2. The molecule has 19 heavy (non-hydrogen) atoms. The SMILES string of the molecule is c1cc(Cn2nnc3ccccc32)c2c(c1)OCO2. The highest BCUT2D eigenvalue weighted by atomic mass is 16.7. The van der Waals surface area contributed by atoms with Crippen molar-refractivity contribution >= 4 is 11.0 Å². The lowest BCUT2D eigenvalue weighted by Gasteiger charge is -2.06. The molecule has 94 valence electrons. The predicted molar refractivity (Wildman–Crippen MR) is 69.2 cm³/mol. The van der Waals surface area contributed by atoms with E-state index < -0.39 is 0 Å². The van der Waals surface area contributed by atoms with Gasteiger partial charge in [-0.25, -0.2) is 4.68 Å². The molecule has 5 nitrogen and oxygen atoms in total. The van der Waals surface area contributed by atoms with Gasteiger partial charge in [0.1, 0.15) is 5.52 Å².